The molecule has 2 aromatic carbocycles. The van der Waals surface area contributed by atoms with Crippen molar-refractivity contribution < 1.29 is 4.42 Å². The fraction of sp³-hybridized carbons (Fsp3) is 0.111. The van der Waals surface area contributed by atoms with Gasteiger partial charge in [-0.3, -0.25) is 0 Å². The van der Waals surface area contributed by atoms with Crippen molar-refractivity contribution in [1.82, 2.24) is 5.32 Å². The van der Waals surface area contributed by atoms with Crippen molar-refractivity contribution in [3.05, 3.63) is 72.0 Å². The lowest BCUT2D eigenvalue weighted by molar-refractivity contribution is 0.667. The van der Waals surface area contributed by atoms with Gasteiger partial charge in [0.1, 0.15) is 11.2 Å². The lowest BCUT2D eigenvalue weighted by atomic mass is 9.97. The Labute approximate surface area is 117 Å². The minimum Gasteiger partial charge on any atom is -0.456 e. The van der Waals surface area contributed by atoms with E-state index in [4.69, 9.17) is 4.42 Å². The first-order valence-corrected chi connectivity index (χ1v) is 6.84. The summed E-state index contributed by atoms with van der Waals surface area (Å²) in [4.78, 5) is 0. The average Bonchev–Trinajstić information content (AvgIpc) is 2.84. The Hall–Kier alpha value is -2.48. The summed E-state index contributed by atoms with van der Waals surface area (Å²) >= 11 is 0. The maximum Gasteiger partial charge on any atom is 0.135 e. The van der Waals surface area contributed by atoms with Crippen molar-refractivity contribution in [2.45, 2.75) is 13.0 Å². The van der Waals surface area contributed by atoms with Crippen LogP contribution in [0.4, 0.5) is 0 Å². The fourth-order valence-corrected chi connectivity index (χ4v) is 2.86. The molecule has 1 unspecified atom stereocenters. The van der Waals surface area contributed by atoms with E-state index in [0.29, 0.717) is 0 Å². The number of para-hydroxylation sites is 1. The van der Waals surface area contributed by atoms with Crippen molar-refractivity contribution in [1.29, 1.82) is 0 Å². The Morgan fingerprint density at radius 1 is 1.00 bits per heavy atom. The predicted molar refractivity (Wildman–Crippen MR) is 82.6 cm³/mol. The first-order chi connectivity index (χ1) is 9.83. The molecule has 0 aliphatic carbocycles. The maximum atomic E-state index is 5.92. The van der Waals surface area contributed by atoms with Crippen LogP contribution in [-0.4, -0.2) is 0 Å². The number of hydrogen-bond acceptors (Lipinski definition) is 2. The van der Waals surface area contributed by atoms with Gasteiger partial charge in [-0.1, -0.05) is 30.4 Å². The minimum atomic E-state index is 0.234. The van der Waals surface area contributed by atoms with Crippen molar-refractivity contribution in [2.24, 2.45) is 0 Å². The topological polar surface area (TPSA) is 25.2 Å². The van der Waals surface area contributed by atoms with Gasteiger partial charge in [-0.15, -0.1) is 0 Å². The Morgan fingerprint density at radius 2 is 1.90 bits per heavy atom. The number of hydrogen-bond donors (Lipinski definition) is 1. The zero-order valence-corrected chi connectivity index (χ0v) is 11.3. The van der Waals surface area contributed by atoms with Crippen LogP contribution in [0.25, 0.3) is 21.9 Å². The third kappa shape index (κ3) is 1.65. The number of fused-ring (bicyclic) bond motifs is 3. The SMILES string of the molecule is Cc1cc2oc3ccccc3c2cc1C1C=CC=CN1. The van der Waals surface area contributed by atoms with Crippen LogP contribution in [0.2, 0.25) is 0 Å². The standard InChI is InChI=1S/C18H15NO/c1-12-10-18-15(13-6-2-3-8-17(13)20-18)11-14(12)16-7-4-5-9-19-16/h2-11,16,19H,1H3. The van der Waals surface area contributed by atoms with Crippen molar-refractivity contribution in [2.75, 3.05) is 0 Å². The third-order valence-electron chi connectivity index (χ3n) is 3.89. The summed E-state index contributed by atoms with van der Waals surface area (Å²) in [5.41, 5.74) is 4.45. The molecule has 0 bridgehead atoms. The highest BCUT2D eigenvalue weighted by molar-refractivity contribution is 6.05. The first kappa shape index (κ1) is 11.4. The van der Waals surface area contributed by atoms with Gasteiger partial charge in [-0.2, -0.15) is 0 Å². The number of rotatable bonds is 1. The largest absolute Gasteiger partial charge is 0.456 e. The second-order valence-corrected chi connectivity index (χ2v) is 5.19. The molecule has 2 nitrogen and oxygen atoms in total. The fourth-order valence-electron chi connectivity index (χ4n) is 2.86. The molecule has 2 heterocycles. The third-order valence-corrected chi connectivity index (χ3v) is 3.89. The van der Waals surface area contributed by atoms with E-state index < -0.39 is 0 Å². The summed E-state index contributed by atoms with van der Waals surface area (Å²) < 4.78 is 5.92. The van der Waals surface area contributed by atoms with Gasteiger partial charge >= 0.3 is 0 Å². The van der Waals surface area contributed by atoms with E-state index in [-0.39, 0.29) is 6.04 Å². The zero-order valence-electron chi connectivity index (χ0n) is 11.3. The molecule has 1 N–H and O–H groups in total. The molecular weight excluding hydrogens is 246 g/mol. The smallest absolute Gasteiger partial charge is 0.135 e. The molecule has 1 atom stereocenters. The number of nitrogens with one attached hydrogen (secondary N) is 1. The minimum absolute atomic E-state index is 0.234. The summed E-state index contributed by atoms with van der Waals surface area (Å²) in [6, 6.07) is 12.8. The van der Waals surface area contributed by atoms with Crippen LogP contribution in [0.1, 0.15) is 17.2 Å². The molecule has 4 rings (SSSR count). The summed E-state index contributed by atoms with van der Waals surface area (Å²) in [5, 5.41) is 5.75. The lowest BCUT2D eigenvalue weighted by Crippen LogP contribution is -2.15. The van der Waals surface area contributed by atoms with Crippen LogP contribution in [0, 0.1) is 6.92 Å². The monoisotopic (exact) mass is 261 g/mol. The highest BCUT2D eigenvalue weighted by Crippen LogP contribution is 2.33. The summed E-state index contributed by atoms with van der Waals surface area (Å²) in [5.74, 6) is 0. The van der Waals surface area contributed by atoms with Crippen LogP contribution >= 0.6 is 0 Å². The van der Waals surface area contributed by atoms with Crippen LogP contribution in [0.15, 0.2) is 65.2 Å². The van der Waals surface area contributed by atoms with E-state index >= 15 is 0 Å². The van der Waals surface area contributed by atoms with Crippen LogP contribution in [-0.2, 0) is 0 Å². The molecule has 0 saturated carbocycles. The molecule has 0 radical (unpaired) electrons. The quantitative estimate of drug-likeness (QED) is 0.692. The Balaban J connectivity index is 1.97. The van der Waals surface area contributed by atoms with Gasteiger partial charge < -0.3 is 9.73 Å². The molecular formula is C18H15NO. The summed E-state index contributed by atoms with van der Waals surface area (Å²) in [6.45, 7) is 2.13. The van der Waals surface area contributed by atoms with Crippen molar-refractivity contribution in [3.8, 4) is 0 Å². The number of benzene rings is 2. The molecule has 3 aromatic rings. The molecule has 1 aromatic heterocycles. The summed E-state index contributed by atoms with van der Waals surface area (Å²) in [7, 11) is 0. The first-order valence-electron chi connectivity index (χ1n) is 6.84. The van der Waals surface area contributed by atoms with E-state index in [9.17, 15) is 0 Å². The van der Waals surface area contributed by atoms with Gasteiger partial charge in [0.05, 0.1) is 6.04 Å². The average molecular weight is 261 g/mol. The lowest BCUT2D eigenvalue weighted by Gasteiger charge is -2.18. The van der Waals surface area contributed by atoms with E-state index in [0.717, 1.165) is 11.2 Å². The Morgan fingerprint density at radius 3 is 2.75 bits per heavy atom. The van der Waals surface area contributed by atoms with E-state index in [1.54, 1.807) is 0 Å². The maximum absolute atomic E-state index is 5.92. The molecule has 0 amide bonds. The highest BCUT2D eigenvalue weighted by Gasteiger charge is 2.14. The number of aryl methyl sites for hydroxylation is 1. The van der Waals surface area contributed by atoms with Crippen molar-refractivity contribution in [3.63, 3.8) is 0 Å². The Kier molecular flexibility index (Phi) is 2.43. The van der Waals surface area contributed by atoms with Gasteiger partial charge in [-0.25, -0.2) is 0 Å². The van der Waals surface area contributed by atoms with Gasteiger partial charge in [0.2, 0.25) is 0 Å². The molecule has 2 heteroatoms. The summed E-state index contributed by atoms with van der Waals surface area (Å²) in [6.07, 6.45) is 8.26. The number of furan rings is 1. The van der Waals surface area contributed by atoms with Gasteiger partial charge in [0.25, 0.3) is 0 Å². The van der Waals surface area contributed by atoms with Crippen molar-refractivity contribution >= 4 is 21.9 Å². The van der Waals surface area contributed by atoms with E-state index in [1.807, 2.05) is 24.4 Å². The second kappa shape index (κ2) is 4.27. The van der Waals surface area contributed by atoms with Crippen LogP contribution in [0.5, 0.6) is 0 Å². The predicted octanol–water partition coefficient (Wildman–Crippen LogP) is 4.61. The van der Waals surface area contributed by atoms with E-state index in [2.05, 4.69) is 48.7 Å². The number of dihydropyridines is 1. The second-order valence-electron chi connectivity index (χ2n) is 5.19. The molecule has 1 aliphatic heterocycles. The van der Waals surface area contributed by atoms with Crippen LogP contribution < -0.4 is 5.32 Å². The molecule has 0 saturated heterocycles. The molecule has 20 heavy (non-hydrogen) atoms. The highest BCUT2D eigenvalue weighted by atomic mass is 16.3. The molecule has 1 aliphatic rings. The molecule has 0 fully saturated rings. The van der Waals surface area contributed by atoms with E-state index in [1.165, 1.54) is 21.9 Å². The van der Waals surface area contributed by atoms with Gasteiger partial charge in [-0.05, 0) is 48.5 Å². The molecule has 0 spiro atoms. The Bertz CT molecular complexity index is 854. The van der Waals surface area contributed by atoms with Gasteiger partial charge in [0.15, 0.2) is 0 Å². The van der Waals surface area contributed by atoms with Gasteiger partial charge in [0, 0.05) is 10.8 Å². The molecule has 98 valence electrons. The normalized spacial score (nSPS) is 17.8. The van der Waals surface area contributed by atoms with Crippen LogP contribution in [0.3, 0.4) is 0 Å². The zero-order chi connectivity index (χ0) is 13.5. The number of allylic oxidation sites excluding steroid dienone is 2.